The number of ether oxygens (including phenoxy) is 1. The van der Waals surface area contributed by atoms with Crippen molar-refractivity contribution in [2.24, 2.45) is 5.92 Å². The molecule has 112 valence electrons. The molecule has 1 aromatic carbocycles. The molecule has 1 aliphatic heterocycles. The van der Waals surface area contributed by atoms with Crippen molar-refractivity contribution in [1.82, 2.24) is 4.31 Å². The van der Waals surface area contributed by atoms with Gasteiger partial charge in [-0.2, -0.15) is 4.31 Å². The molecule has 0 amide bonds. The maximum absolute atomic E-state index is 12.5. The number of sulfonamides is 1. The second-order valence-electron chi connectivity index (χ2n) is 5.44. The summed E-state index contributed by atoms with van der Waals surface area (Å²) in [5.74, 6) is 0.215. The van der Waals surface area contributed by atoms with Crippen molar-refractivity contribution in [1.29, 1.82) is 0 Å². The van der Waals surface area contributed by atoms with Gasteiger partial charge in [-0.1, -0.05) is 13.8 Å². The van der Waals surface area contributed by atoms with E-state index in [1.54, 1.807) is 0 Å². The molecule has 6 nitrogen and oxygen atoms in total. The first-order valence-corrected chi connectivity index (χ1v) is 7.81. The summed E-state index contributed by atoms with van der Waals surface area (Å²) < 4.78 is 31.4. The third-order valence-corrected chi connectivity index (χ3v) is 5.61. The Morgan fingerprint density at radius 2 is 2.00 bits per heavy atom. The van der Waals surface area contributed by atoms with Gasteiger partial charge in [0.1, 0.15) is 10.6 Å². The van der Waals surface area contributed by atoms with Crippen molar-refractivity contribution in [2.75, 3.05) is 25.9 Å². The molecule has 0 saturated carbocycles. The molecular weight excluding hydrogens is 280 g/mol. The molecule has 0 radical (unpaired) electrons. The van der Waals surface area contributed by atoms with Gasteiger partial charge in [-0.05, 0) is 18.1 Å². The van der Waals surface area contributed by atoms with Gasteiger partial charge in [-0.25, -0.2) is 8.42 Å². The van der Waals surface area contributed by atoms with E-state index in [0.29, 0.717) is 5.69 Å². The normalized spacial score (nSPS) is 18.9. The Morgan fingerprint density at radius 1 is 1.40 bits per heavy atom. The number of hydrogen-bond donors (Lipinski definition) is 2. The maximum Gasteiger partial charge on any atom is 0.246 e. The molecule has 1 saturated heterocycles. The second kappa shape index (κ2) is 4.91. The number of benzene rings is 1. The second-order valence-corrected chi connectivity index (χ2v) is 7.35. The molecule has 1 aliphatic rings. The summed E-state index contributed by atoms with van der Waals surface area (Å²) >= 11 is 0. The van der Waals surface area contributed by atoms with Crippen molar-refractivity contribution in [3.05, 3.63) is 18.2 Å². The molecular formula is C13H20N2O4S. The van der Waals surface area contributed by atoms with Crippen LogP contribution in [0.5, 0.6) is 5.75 Å². The van der Waals surface area contributed by atoms with Gasteiger partial charge in [0.25, 0.3) is 0 Å². The minimum absolute atomic E-state index is 0.00210. The van der Waals surface area contributed by atoms with Gasteiger partial charge in [-0.3, -0.25) is 0 Å². The van der Waals surface area contributed by atoms with Crippen molar-refractivity contribution in [3.63, 3.8) is 0 Å². The van der Waals surface area contributed by atoms with E-state index in [9.17, 15) is 13.5 Å². The number of hydrogen-bond acceptors (Lipinski definition) is 5. The number of β-amino-alcohol motifs (C(OH)–C–C–N with tert-alkyl or cyclic N) is 1. The van der Waals surface area contributed by atoms with Crippen LogP contribution in [0.2, 0.25) is 0 Å². The number of aliphatic hydroxyl groups is 1. The third kappa shape index (κ3) is 2.36. The molecule has 0 aliphatic carbocycles. The minimum atomic E-state index is -3.67. The van der Waals surface area contributed by atoms with E-state index in [0.717, 1.165) is 0 Å². The van der Waals surface area contributed by atoms with E-state index in [2.05, 4.69) is 0 Å². The van der Waals surface area contributed by atoms with E-state index in [-0.39, 0.29) is 29.7 Å². The largest absolute Gasteiger partial charge is 0.495 e. The summed E-state index contributed by atoms with van der Waals surface area (Å²) in [5, 5.41) is 10.2. The van der Waals surface area contributed by atoms with Crippen molar-refractivity contribution >= 4 is 15.7 Å². The number of methoxy groups -OCH3 is 1. The zero-order valence-corrected chi connectivity index (χ0v) is 12.6. The zero-order chi connectivity index (χ0) is 15.1. The van der Waals surface area contributed by atoms with Gasteiger partial charge in [0, 0.05) is 24.8 Å². The van der Waals surface area contributed by atoms with Crippen LogP contribution in [0.15, 0.2) is 23.1 Å². The molecule has 7 heteroatoms. The summed E-state index contributed by atoms with van der Waals surface area (Å²) in [7, 11) is -2.28. The highest BCUT2D eigenvalue weighted by Crippen LogP contribution is 2.36. The van der Waals surface area contributed by atoms with Crippen LogP contribution in [0, 0.1) is 5.92 Å². The van der Waals surface area contributed by atoms with Gasteiger partial charge in [0.2, 0.25) is 10.0 Å². The standard InChI is InChI=1S/C13H20N2O4S/c1-9(2)13(16)7-15(8-13)20(17,18)12-5-4-10(14)6-11(12)19-3/h4-6,9,16H,7-8,14H2,1-3H3. The van der Waals surface area contributed by atoms with Crippen LogP contribution in [-0.4, -0.2) is 43.6 Å². The van der Waals surface area contributed by atoms with Crippen LogP contribution in [-0.2, 0) is 10.0 Å². The first kappa shape index (κ1) is 15.1. The molecule has 0 aromatic heterocycles. The monoisotopic (exact) mass is 300 g/mol. The molecule has 1 aromatic rings. The van der Waals surface area contributed by atoms with Crippen molar-refractivity contribution < 1.29 is 18.3 Å². The first-order chi connectivity index (χ1) is 9.20. The van der Waals surface area contributed by atoms with E-state index in [4.69, 9.17) is 10.5 Å². The molecule has 20 heavy (non-hydrogen) atoms. The molecule has 0 bridgehead atoms. The lowest BCUT2D eigenvalue weighted by atomic mass is 9.85. The molecule has 1 fully saturated rings. The lowest BCUT2D eigenvalue weighted by Gasteiger charge is -2.47. The molecule has 2 rings (SSSR count). The van der Waals surface area contributed by atoms with Gasteiger partial charge in [0.05, 0.1) is 12.7 Å². The highest BCUT2D eigenvalue weighted by atomic mass is 32.2. The van der Waals surface area contributed by atoms with Crippen LogP contribution in [0.3, 0.4) is 0 Å². The van der Waals surface area contributed by atoms with E-state index in [1.807, 2.05) is 13.8 Å². The topological polar surface area (TPSA) is 92.9 Å². The Labute approximate surface area is 119 Å². The van der Waals surface area contributed by atoms with Gasteiger partial charge in [-0.15, -0.1) is 0 Å². The molecule has 3 N–H and O–H groups in total. The molecule has 0 atom stereocenters. The quantitative estimate of drug-likeness (QED) is 0.797. The van der Waals surface area contributed by atoms with Crippen LogP contribution < -0.4 is 10.5 Å². The molecule has 0 spiro atoms. The number of nitrogens with zero attached hydrogens (tertiary/aromatic N) is 1. The summed E-state index contributed by atoms with van der Waals surface area (Å²) in [5.41, 5.74) is 5.11. The van der Waals surface area contributed by atoms with E-state index < -0.39 is 15.6 Å². The number of nitrogens with two attached hydrogens (primary N) is 1. The molecule has 1 heterocycles. The predicted molar refractivity (Wildman–Crippen MR) is 76.0 cm³/mol. The smallest absolute Gasteiger partial charge is 0.246 e. The van der Waals surface area contributed by atoms with Gasteiger partial charge < -0.3 is 15.6 Å². The summed E-state index contributed by atoms with van der Waals surface area (Å²) in [4.78, 5) is 0.0695. The maximum atomic E-state index is 12.5. The van der Waals surface area contributed by atoms with Crippen molar-refractivity contribution in [3.8, 4) is 5.75 Å². The van der Waals surface area contributed by atoms with Crippen LogP contribution in [0.25, 0.3) is 0 Å². The Kier molecular flexibility index (Phi) is 3.70. The third-order valence-electron chi connectivity index (χ3n) is 3.78. The van der Waals surface area contributed by atoms with Crippen molar-refractivity contribution in [2.45, 2.75) is 24.3 Å². The summed E-state index contributed by atoms with van der Waals surface area (Å²) in [6.07, 6.45) is 0. The van der Waals surface area contributed by atoms with E-state index >= 15 is 0 Å². The lowest BCUT2D eigenvalue weighted by molar-refractivity contribution is -0.0932. The number of nitrogen functional groups attached to an aromatic ring is 1. The Morgan fingerprint density at radius 3 is 2.50 bits per heavy atom. The zero-order valence-electron chi connectivity index (χ0n) is 11.8. The summed E-state index contributed by atoms with van der Waals surface area (Å²) in [6.45, 7) is 3.93. The summed E-state index contributed by atoms with van der Waals surface area (Å²) in [6, 6.07) is 4.42. The lowest BCUT2D eigenvalue weighted by Crippen LogP contribution is -2.65. The average Bonchev–Trinajstić information content (AvgIpc) is 2.33. The minimum Gasteiger partial charge on any atom is -0.495 e. The fourth-order valence-corrected chi connectivity index (χ4v) is 3.84. The fourth-order valence-electron chi connectivity index (χ4n) is 2.14. The highest BCUT2D eigenvalue weighted by molar-refractivity contribution is 7.89. The molecule has 0 unspecified atom stereocenters. The predicted octanol–water partition coefficient (Wildman–Crippen LogP) is 0.669. The number of rotatable bonds is 4. The number of anilines is 1. The van der Waals surface area contributed by atoms with E-state index in [1.165, 1.54) is 29.6 Å². The Hall–Kier alpha value is -1.31. The Balaban J connectivity index is 2.30. The van der Waals surface area contributed by atoms with Crippen LogP contribution in [0.1, 0.15) is 13.8 Å². The van der Waals surface area contributed by atoms with Gasteiger partial charge in [0.15, 0.2) is 0 Å². The first-order valence-electron chi connectivity index (χ1n) is 6.37. The van der Waals surface area contributed by atoms with Gasteiger partial charge >= 0.3 is 0 Å². The fraction of sp³-hybridized carbons (Fsp3) is 0.538. The average molecular weight is 300 g/mol. The van der Waals surface area contributed by atoms with Crippen LogP contribution >= 0.6 is 0 Å². The van der Waals surface area contributed by atoms with Crippen LogP contribution in [0.4, 0.5) is 5.69 Å². The SMILES string of the molecule is COc1cc(N)ccc1S(=O)(=O)N1CC(O)(C(C)C)C1. The Bertz CT molecular complexity index is 607. The highest BCUT2D eigenvalue weighted by Gasteiger charge is 2.49.